The maximum atomic E-state index is 14.6. The number of halogens is 3. The number of para-hydroxylation sites is 1. The topological polar surface area (TPSA) is 79.8 Å². The van der Waals surface area contributed by atoms with E-state index < -0.39 is 27.7 Å². The summed E-state index contributed by atoms with van der Waals surface area (Å²) in [6.45, 7) is 1.60. The van der Waals surface area contributed by atoms with Gasteiger partial charge in [-0.2, -0.15) is 0 Å². The first-order valence-corrected chi connectivity index (χ1v) is 11.0. The summed E-state index contributed by atoms with van der Waals surface area (Å²) in [5.41, 5.74) is 0.131. The number of sulfonamides is 1. The molecule has 1 atom stereocenters. The molecule has 0 aliphatic carbocycles. The first-order chi connectivity index (χ1) is 14.8. The van der Waals surface area contributed by atoms with Crippen LogP contribution in [0.3, 0.4) is 0 Å². The third-order valence-electron chi connectivity index (χ3n) is 4.56. The van der Waals surface area contributed by atoms with Gasteiger partial charge in [0.2, 0.25) is 5.96 Å². The van der Waals surface area contributed by atoms with E-state index in [2.05, 4.69) is 15.0 Å². The lowest BCUT2D eigenvalue weighted by Crippen LogP contribution is -2.41. The van der Waals surface area contributed by atoms with Crippen molar-refractivity contribution in [2.45, 2.75) is 17.9 Å². The van der Waals surface area contributed by atoms with Gasteiger partial charge in [0.1, 0.15) is 22.1 Å². The van der Waals surface area contributed by atoms with Crippen molar-refractivity contribution in [1.29, 1.82) is 0 Å². The highest BCUT2D eigenvalue weighted by atomic mass is 35.5. The molecule has 3 aromatic rings. The van der Waals surface area contributed by atoms with Crippen LogP contribution < -0.4 is 14.8 Å². The zero-order valence-corrected chi connectivity index (χ0v) is 17.6. The molecule has 0 fully saturated rings. The molecule has 1 aliphatic heterocycles. The minimum Gasteiger partial charge on any atom is -0.450 e. The summed E-state index contributed by atoms with van der Waals surface area (Å²) in [6, 6.07) is 13.8. The number of aliphatic imine (C=N–C) groups is 1. The van der Waals surface area contributed by atoms with Crippen LogP contribution in [-0.2, 0) is 10.0 Å². The van der Waals surface area contributed by atoms with Gasteiger partial charge in [-0.3, -0.25) is 0 Å². The van der Waals surface area contributed by atoms with Crippen molar-refractivity contribution in [3.63, 3.8) is 0 Å². The highest BCUT2D eigenvalue weighted by molar-refractivity contribution is 7.90. The first kappa shape index (κ1) is 21.1. The summed E-state index contributed by atoms with van der Waals surface area (Å²) in [5.74, 6) is -1.69. The van der Waals surface area contributed by atoms with Crippen molar-refractivity contribution in [3.05, 3.63) is 82.9 Å². The van der Waals surface area contributed by atoms with Crippen LogP contribution in [-0.4, -0.2) is 14.4 Å². The average Bonchev–Trinajstić information content (AvgIpc) is 2.71. The molecule has 2 N–H and O–H groups in total. The van der Waals surface area contributed by atoms with Crippen molar-refractivity contribution < 1.29 is 21.9 Å². The van der Waals surface area contributed by atoms with E-state index in [1.807, 2.05) is 0 Å². The van der Waals surface area contributed by atoms with Crippen LogP contribution in [0.4, 0.5) is 14.5 Å². The second-order valence-corrected chi connectivity index (χ2v) is 8.75. The predicted molar refractivity (Wildman–Crippen MR) is 114 cm³/mol. The second-order valence-electron chi connectivity index (χ2n) is 6.69. The molecule has 1 heterocycles. The number of anilines is 1. The Bertz CT molecular complexity index is 1300. The molecule has 0 saturated heterocycles. The lowest BCUT2D eigenvalue weighted by atomic mass is 10.1. The highest BCUT2D eigenvalue weighted by Gasteiger charge is 2.32. The van der Waals surface area contributed by atoms with E-state index >= 15 is 0 Å². The number of hydrogen-bond donors (Lipinski definition) is 2. The number of ether oxygens (including phenoxy) is 1. The van der Waals surface area contributed by atoms with Crippen molar-refractivity contribution in [2.24, 2.45) is 4.99 Å². The van der Waals surface area contributed by atoms with E-state index in [9.17, 15) is 17.2 Å². The molecule has 10 heteroatoms. The molecule has 160 valence electrons. The number of guanidine groups is 1. The van der Waals surface area contributed by atoms with E-state index in [1.165, 1.54) is 18.2 Å². The minimum atomic E-state index is -4.09. The fourth-order valence-corrected chi connectivity index (χ4v) is 4.38. The third-order valence-corrected chi connectivity index (χ3v) is 6.26. The number of nitrogens with zero attached hydrogens (tertiary/aromatic N) is 1. The van der Waals surface area contributed by atoms with Gasteiger partial charge in [-0.1, -0.05) is 41.9 Å². The van der Waals surface area contributed by atoms with E-state index in [4.69, 9.17) is 16.3 Å². The number of nitrogens with one attached hydrogen (secondary N) is 2. The number of hydrogen-bond acceptors (Lipinski definition) is 4. The number of benzene rings is 3. The van der Waals surface area contributed by atoms with Crippen LogP contribution in [0.15, 0.2) is 70.6 Å². The van der Waals surface area contributed by atoms with Gasteiger partial charge in [-0.25, -0.2) is 26.9 Å². The van der Waals surface area contributed by atoms with Crippen molar-refractivity contribution in [1.82, 2.24) is 4.72 Å². The van der Waals surface area contributed by atoms with Gasteiger partial charge in [-0.15, -0.1) is 0 Å². The number of fused-ring (bicyclic) bond motifs is 1. The Balaban J connectivity index is 1.77. The van der Waals surface area contributed by atoms with E-state index in [1.54, 1.807) is 37.3 Å². The van der Waals surface area contributed by atoms with Crippen LogP contribution in [0.2, 0.25) is 5.02 Å². The Hall–Kier alpha value is -3.17. The highest BCUT2D eigenvalue weighted by Crippen LogP contribution is 2.40. The van der Waals surface area contributed by atoms with Gasteiger partial charge in [0.25, 0.3) is 10.0 Å². The van der Waals surface area contributed by atoms with E-state index in [-0.39, 0.29) is 38.6 Å². The van der Waals surface area contributed by atoms with Gasteiger partial charge >= 0.3 is 0 Å². The molecule has 31 heavy (non-hydrogen) atoms. The lowest BCUT2D eigenvalue weighted by Gasteiger charge is -2.25. The van der Waals surface area contributed by atoms with Gasteiger partial charge in [0, 0.05) is 5.56 Å². The van der Waals surface area contributed by atoms with Crippen molar-refractivity contribution >= 4 is 33.3 Å². The van der Waals surface area contributed by atoms with Crippen molar-refractivity contribution in [2.75, 3.05) is 5.32 Å². The molecular formula is C21H16ClF2N3O3S. The Morgan fingerprint density at radius 3 is 2.45 bits per heavy atom. The van der Waals surface area contributed by atoms with Crippen LogP contribution in [0.1, 0.15) is 18.5 Å². The van der Waals surface area contributed by atoms with Crippen molar-refractivity contribution in [3.8, 4) is 11.5 Å². The maximum absolute atomic E-state index is 14.6. The maximum Gasteiger partial charge on any atom is 0.266 e. The molecule has 6 nitrogen and oxygen atoms in total. The zero-order valence-electron chi connectivity index (χ0n) is 16.1. The molecule has 1 aliphatic rings. The summed E-state index contributed by atoms with van der Waals surface area (Å²) >= 11 is 6.09. The average molecular weight is 464 g/mol. The molecule has 0 bridgehead atoms. The Morgan fingerprint density at radius 1 is 1.00 bits per heavy atom. The van der Waals surface area contributed by atoms with E-state index in [0.717, 1.165) is 12.1 Å². The van der Waals surface area contributed by atoms with Crippen LogP contribution in [0.5, 0.6) is 11.5 Å². The molecule has 3 aromatic carbocycles. The normalized spacial score (nSPS) is 16.7. The Kier molecular flexibility index (Phi) is 5.55. The molecule has 0 spiro atoms. The fourth-order valence-electron chi connectivity index (χ4n) is 3.08. The summed E-state index contributed by atoms with van der Waals surface area (Å²) in [6.07, 6.45) is 0. The third kappa shape index (κ3) is 4.19. The van der Waals surface area contributed by atoms with Gasteiger partial charge < -0.3 is 10.1 Å². The standard InChI is InChI=1S/C21H16ClF2N3O3S/c1-12(13-6-2-4-8-15(13)23)25-21-26-19-18(31(28,29)27-21)11-10-16(24)20(19)30-17-9-5-3-7-14(17)22/h2-12H,1H3,(H2,25,26,27)/t12-/m1/s1. The van der Waals surface area contributed by atoms with Crippen LogP contribution in [0, 0.1) is 11.6 Å². The minimum absolute atomic E-state index is 0.141. The summed E-state index contributed by atoms with van der Waals surface area (Å²) < 4.78 is 62.1. The SMILES string of the molecule is C[C@@H](N=C1Nc2c(ccc(F)c2Oc2ccccc2Cl)S(=O)(=O)N1)c1ccccc1F. The second kappa shape index (κ2) is 8.16. The molecule has 0 amide bonds. The Labute approximate surface area is 182 Å². The van der Waals surface area contributed by atoms with Crippen LogP contribution in [0.25, 0.3) is 0 Å². The van der Waals surface area contributed by atoms with Gasteiger partial charge in [0.15, 0.2) is 11.6 Å². The van der Waals surface area contributed by atoms with Gasteiger partial charge in [0.05, 0.1) is 11.1 Å². The molecule has 0 unspecified atom stereocenters. The quantitative estimate of drug-likeness (QED) is 0.555. The molecule has 4 rings (SSSR count). The fraction of sp³-hybridized carbons (Fsp3) is 0.0952. The largest absolute Gasteiger partial charge is 0.450 e. The molecule has 0 saturated carbocycles. The monoisotopic (exact) mass is 463 g/mol. The van der Waals surface area contributed by atoms with Gasteiger partial charge in [-0.05, 0) is 37.3 Å². The molecular weight excluding hydrogens is 448 g/mol. The summed E-state index contributed by atoms with van der Waals surface area (Å²) in [4.78, 5) is 4.00. The van der Waals surface area contributed by atoms with E-state index in [0.29, 0.717) is 0 Å². The molecule has 0 radical (unpaired) electrons. The Morgan fingerprint density at radius 2 is 1.71 bits per heavy atom. The van der Waals surface area contributed by atoms with Crippen LogP contribution >= 0.6 is 11.6 Å². The predicted octanol–water partition coefficient (Wildman–Crippen LogP) is 5.23. The first-order valence-electron chi connectivity index (χ1n) is 9.13. The molecule has 0 aromatic heterocycles. The number of rotatable bonds is 4. The zero-order chi connectivity index (χ0) is 22.2. The summed E-state index contributed by atoms with van der Waals surface area (Å²) in [5, 5.41) is 2.97. The lowest BCUT2D eigenvalue weighted by molar-refractivity contribution is 0.443. The smallest absolute Gasteiger partial charge is 0.266 e. The summed E-state index contributed by atoms with van der Waals surface area (Å²) in [7, 11) is -4.09.